The number of carbonyl (C=O) groups is 2. The van der Waals surface area contributed by atoms with E-state index in [2.05, 4.69) is 10.6 Å². The standard InChI is InChI=1S/C11H16N2O4/c1-8(10(14)12-5-7-16-2)13-11(15)9-4-3-6-17-9/h3-4,6,8H,5,7H2,1-2H3,(H,12,14)(H,13,15). The summed E-state index contributed by atoms with van der Waals surface area (Å²) in [4.78, 5) is 23.1. The lowest BCUT2D eigenvalue weighted by atomic mass is 10.3. The Kier molecular flexibility index (Phi) is 5.22. The maximum absolute atomic E-state index is 11.5. The zero-order chi connectivity index (χ0) is 12.7. The highest BCUT2D eigenvalue weighted by molar-refractivity contribution is 5.95. The van der Waals surface area contributed by atoms with Crippen LogP contribution in [0, 0.1) is 0 Å². The molecule has 0 spiro atoms. The molecule has 0 aliphatic rings. The van der Waals surface area contributed by atoms with Gasteiger partial charge in [-0.3, -0.25) is 9.59 Å². The van der Waals surface area contributed by atoms with Crippen molar-refractivity contribution in [1.29, 1.82) is 0 Å². The van der Waals surface area contributed by atoms with E-state index in [4.69, 9.17) is 9.15 Å². The van der Waals surface area contributed by atoms with Crippen LogP contribution < -0.4 is 10.6 Å². The summed E-state index contributed by atoms with van der Waals surface area (Å²) in [5, 5.41) is 5.15. The molecule has 17 heavy (non-hydrogen) atoms. The van der Waals surface area contributed by atoms with Crippen LogP contribution in [0.2, 0.25) is 0 Å². The molecule has 0 saturated carbocycles. The van der Waals surface area contributed by atoms with Gasteiger partial charge in [-0.25, -0.2) is 0 Å². The van der Waals surface area contributed by atoms with Crippen LogP contribution in [0.5, 0.6) is 0 Å². The fraction of sp³-hybridized carbons (Fsp3) is 0.455. The molecule has 1 heterocycles. The number of furan rings is 1. The van der Waals surface area contributed by atoms with Gasteiger partial charge in [-0.05, 0) is 19.1 Å². The molecule has 0 fully saturated rings. The summed E-state index contributed by atoms with van der Waals surface area (Å²) in [5.41, 5.74) is 0. The van der Waals surface area contributed by atoms with Crippen molar-refractivity contribution >= 4 is 11.8 Å². The number of methoxy groups -OCH3 is 1. The summed E-state index contributed by atoms with van der Waals surface area (Å²) >= 11 is 0. The van der Waals surface area contributed by atoms with Gasteiger partial charge in [0.05, 0.1) is 12.9 Å². The maximum atomic E-state index is 11.5. The number of carbonyl (C=O) groups excluding carboxylic acids is 2. The van der Waals surface area contributed by atoms with Gasteiger partial charge in [-0.1, -0.05) is 0 Å². The smallest absolute Gasteiger partial charge is 0.287 e. The van der Waals surface area contributed by atoms with E-state index in [0.717, 1.165) is 0 Å². The van der Waals surface area contributed by atoms with Gasteiger partial charge in [-0.15, -0.1) is 0 Å². The van der Waals surface area contributed by atoms with E-state index in [1.54, 1.807) is 20.1 Å². The first-order valence-corrected chi connectivity index (χ1v) is 5.26. The normalized spacial score (nSPS) is 11.9. The van der Waals surface area contributed by atoms with Gasteiger partial charge in [0.2, 0.25) is 5.91 Å². The molecule has 2 N–H and O–H groups in total. The second kappa shape index (κ2) is 6.70. The van der Waals surface area contributed by atoms with Gasteiger partial charge in [0.15, 0.2) is 5.76 Å². The Morgan fingerprint density at radius 3 is 2.88 bits per heavy atom. The van der Waals surface area contributed by atoms with Crippen molar-refractivity contribution in [3.8, 4) is 0 Å². The van der Waals surface area contributed by atoms with Crippen LogP contribution in [0.1, 0.15) is 17.5 Å². The van der Waals surface area contributed by atoms with Crippen molar-refractivity contribution in [2.24, 2.45) is 0 Å². The van der Waals surface area contributed by atoms with Crippen LogP contribution in [-0.4, -0.2) is 38.1 Å². The molecule has 0 bridgehead atoms. The minimum Gasteiger partial charge on any atom is -0.459 e. The molecular weight excluding hydrogens is 224 g/mol. The van der Waals surface area contributed by atoms with Crippen molar-refractivity contribution in [3.63, 3.8) is 0 Å². The van der Waals surface area contributed by atoms with Gasteiger partial charge < -0.3 is 19.8 Å². The first kappa shape index (κ1) is 13.2. The Morgan fingerprint density at radius 2 is 2.29 bits per heavy atom. The summed E-state index contributed by atoms with van der Waals surface area (Å²) in [7, 11) is 1.55. The van der Waals surface area contributed by atoms with Gasteiger partial charge in [0.25, 0.3) is 5.91 Å². The third kappa shape index (κ3) is 4.28. The fourth-order valence-electron chi connectivity index (χ4n) is 1.17. The number of ether oxygens (including phenoxy) is 1. The molecule has 1 aromatic rings. The van der Waals surface area contributed by atoms with Gasteiger partial charge in [0.1, 0.15) is 6.04 Å². The predicted octanol–water partition coefficient (Wildman–Crippen LogP) is 0.160. The van der Waals surface area contributed by atoms with Crippen molar-refractivity contribution in [3.05, 3.63) is 24.2 Å². The van der Waals surface area contributed by atoms with Crippen LogP contribution in [0.25, 0.3) is 0 Å². The highest BCUT2D eigenvalue weighted by Crippen LogP contribution is 1.99. The Bertz CT molecular complexity index is 362. The van der Waals surface area contributed by atoms with Crippen molar-refractivity contribution < 1.29 is 18.7 Å². The van der Waals surface area contributed by atoms with Gasteiger partial charge in [-0.2, -0.15) is 0 Å². The highest BCUT2D eigenvalue weighted by Gasteiger charge is 2.17. The highest BCUT2D eigenvalue weighted by atomic mass is 16.5. The third-order valence-corrected chi connectivity index (χ3v) is 2.09. The van der Waals surface area contributed by atoms with Gasteiger partial charge >= 0.3 is 0 Å². The number of rotatable bonds is 6. The molecule has 0 aliphatic heterocycles. The predicted molar refractivity (Wildman–Crippen MR) is 60.5 cm³/mol. The van der Waals surface area contributed by atoms with Crippen molar-refractivity contribution in [2.45, 2.75) is 13.0 Å². The zero-order valence-electron chi connectivity index (χ0n) is 9.86. The van der Waals surface area contributed by atoms with Crippen LogP contribution >= 0.6 is 0 Å². The zero-order valence-corrected chi connectivity index (χ0v) is 9.86. The van der Waals surface area contributed by atoms with Crippen molar-refractivity contribution in [1.82, 2.24) is 10.6 Å². The van der Waals surface area contributed by atoms with Crippen LogP contribution in [0.3, 0.4) is 0 Å². The van der Waals surface area contributed by atoms with E-state index in [9.17, 15) is 9.59 Å². The summed E-state index contributed by atoms with van der Waals surface area (Å²) < 4.78 is 9.71. The van der Waals surface area contributed by atoms with E-state index >= 15 is 0 Å². The molecule has 1 unspecified atom stereocenters. The quantitative estimate of drug-likeness (QED) is 0.694. The Labute approximate surface area is 99.3 Å². The second-order valence-corrected chi connectivity index (χ2v) is 3.46. The summed E-state index contributed by atoms with van der Waals surface area (Å²) in [6.07, 6.45) is 1.40. The largest absolute Gasteiger partial charge is 0.459 e. The SMILES string of the molecule is COCCNC(=O)C(C)NC(=O)c1ccco1. The maximum Gasteiger partial charge on any atom is 0.287 e. The van der Waals surface area contributed by atoms with E-state index in [0.29, 0.717) is 13.2 Å². The molecule has 2 amide bonds. The summed E-state index contributed by atoms with van der Waals surface area (Å²) in [6, 6.07) is 2.52. The van der Waals surface area contributed by atoms with E-state index in [1.165, 1.54) is 12.3 Å². The Hall–Kier alpha value is -1.82. The summed E-state index contributed by atoms with van der Waals surface area (Å²) in [5.74, 6) is -0.493. The Balaban J connectivity index is 2.35. The van der Waals surface area contributed by atoms with Crippen LogP contribution in [0.4, 0.5) is 0 Å². The molecule has 94 valence electrons. The average molecular weight is 240 g/mol. The molecule has 0 aliphatic carbocycles. The first-order chi connectivity index (χ1) is 8.15. The van der Waals surface area contributed by atoms with Gasteiger partial charge in [0, 0.05) is 13.7 Å². The summed E-state index contributed by atoms with van der Waals surface area (Å²) in [6.45, 7) is 2.45. The number of nitrogens with one attached hydrogen (secondary N) is 2. The Morgan fingerprint density at radius 1 is 1.53 bits per heavy atom. The lowest BCUT2D eigenvalue weighted by Crippen LogP contribution is -2.45. The molecule has 6 heteroatoms. The van der Waals surface area contributed by atoms with E-state index in [-0.39, 0.29) is 11.7 Å². The molecular formula is C11H16N2O4. The topological polar surface area (TPSA) is 80.6 Å². The lowest BCUT2D eigenvalue weighted by molar-refractivity contribution is -0.122. The number of hydrogen-bond acceptors (Lipinski definition) is 4. The molecule has 1 aromatic heterocycles. The minimum absolute atomic E-state index is 0.182. The fourth-order valence-corrected chi connectivity index (χ4v) is 1.17. The first-order valence-electron chi connectivity index (χ1n) is 5.26. The average Bonchev–Trinajstić information content (AvgIpc) is 2.82. The van der Waals surface area contributed by atoms with Crippen molar-refractivity contribution in [2.75, 3.05) is 20.3 Å². The molecule has 1 atom stereocenters. The second-order valence-electron chi connectivity index (χ2n) is 3.46. The molecule has 1 rings (SSSR count). The monoisotopic (exact) mass is 240 g/mol. The van der Waals surface area contributed by atoms with E-state index in [1.807, 2.05) is 0 Å². The van der Waals surface area contributed by atoms with Crippen LogP contribution in [0.15, 0.2) is 22.8 Å². The van der Waals surface area contributed by atoms with E-state index < -0.39 is 11.9 Å². The molecule has 0 aromatic carbocycles. The lowest BCUT2D eigenvalue weighted by Gasteiger charge is -2.12. The van der Waals surface area contributed by atoms with Crippen LogP contribution in [-0.2, 0) is 9.53 Å². The number of amides is 2. The number of hydrogen-bond donors (Lipinski definition) is 2. The molecule has 0 saturated heterocycles. The minimum atomic E-state index is -0.621. The third-order valence-electron chi connectivity index (χ3n) is 2.09. The molecule has 0 radical (unpaired) electrons. The molecule has 6 nitrogen and oxygen atoms in total.